The summed E-state index contributed by atoms with van der Waals surface area (Å²) in [6, 6.07) is 6.15. The van der Waals surface area contributed by atoms with Gasteiger partial charge in [-0.2, -0.15) is 0 Å². The summed E-state index contributed by atoms with van der Waals surface area (Å²) in [6.45, 7) is 6.62. The minimum atomic E-state index is -0.273. The molecule has 3 N–H and O–H groups in total. The molecule has 0 aromatic heterocycles. The van der Waals surface area contributed by atoms with Crippen LogP contribution in [-0.2, 0) is 4.74 Å². The Kier molecular flexibility index (Phi) is 9.15. The average Bonchev–Trinajstić information content (AvgIpc) is 2.39. The van der Waals surface area contributed by atoms with Gasteiger partial charge in [-0.3, -0.25) is 4.99 Å². The van der Waals surface area contributed by atoms with Crippen LogP contribution in [0, 0.1) is 5.82 Å². The molecule has 0 aliphatic heterocycles. The molecule has 1 unspecified atom stereocenters. The summed E-state index contributed by atoms with van der Waals surface area (Å²) < 4.78 is 18.2. The third-order valence-corrected chi connectivity index (χ3v) is 2.53. The van der Waals surface area contributed by atoms with Crippen molar-refractivity contribution in [3.63, 3.8) is 0 Å². The Morgan fingerprint density at radius 1 is 1.45 bits per heavy atom. The van der Waals surface area contributed by atoms with E-state index in [1.807, 2.05) is 6.92 Å². The van der Waals surface area contributed by atoms with E-state index in [9.17, 15) is 4.39 Å². The van der Waals surface area contributed by atoms with E-state index < -0.39 is 0 Å². The minimum Gasteiger partial charge on any atom is -0.375 e. The van der Waals surface area contributed by atoms with E-state index in [4.69, 9.17) is 10.5 Å². The van der Waals surface area contributed by atoms with Gasteiger partial charge >= 0.3 is 0 Å². The van der Waals surface area contributed by atoms with E-state index >= 15 is 0 Å². The SMILES string of the molecule is C=C(C)CNC(N)=NCC(OC)c1ccc(F)cc1.I. The molecule has 0 aliphatic rings. The fourth-order valence-corrected chi connectivity index (χ4v) is 1.47. The van der Waals surface area contributed by atoms with Crippen LogP contribution in [0.4, 0.5) is 4.39 Å². The summed E-state index contributed by atoms with van der Waals surface area (Å²) in [5.41, 5.74) is 7.54. The maximum atomic E-state index is 12.8. The summed E-state index contributed by atoms with van der Waals surface area (Å²) in [6.07, 6.45) is -0.245. The first-order valence-electron chi connectivity index (χ1n) is 5.99. The van der Waals surface area contributed by atoms with Gasteiger partial charge in [-0.05, 0) is 24.6 Å². The van der Waals surface area contributed by atoms with E-state index in [0.717, 1.165) is 11.1 Å². The second-order valence-electron chi connectivity index (χ2n) is 4.31. The molecule has 0 amide bonds. The molecule has 112 valence electrons. The number of hydrogen-bond acceptors (Lipinski definition) is 2. The Labute approximate surface area is 136 Å². The number of hydrogen-bond donors (Lipinski definition) is 2. The highest BCUT2D eigenvalue weighted by Gasteiger charge is 2.09. The molecule has 1 rings (SSSR count). The van der Waals surface area contributed by atoms with Gasteiger partial charge in [0.15, 0.2) is 5.96 Å². The van der Waals surface area contributed by atoms with Crippen LogP contribution in [-0.4, -0.2) is 26.2 Å². The predicted molar refractivity (Wildman–Crippen MR) is 90.9 cm³/mol. The summed E-state index contributed by atoms with van der Waals surface area (Å²) in [5.74, 6) is 0.0666. The van der Waals surface area contributed by atoms with Gasteiger partial charge in [0, 0.05) is 13.7 Å². The highest BCUT2D eigenvalue weighted by atomic mass is 127. The molecule has 0 bridgehead atoms. The Morgan fingerprint density at radius 3 is 2.55 bits per heavy atom. The van der Waals surface area contributed by atoms with Gasteiger partial charge in [0.2, 0.25) is 0 Å². The van der Waals surface area contributed by atoms with E-state index in [-0.39, 0.29) is 35.9 Å². The van der Waals surface area contributed by atoms with E-state index in [2.05, 4.69) is 16.9 Å². The molecule has 0 aliphatic carbocycles. The lowest BCUT2D eigenvalue weighted by Crippen LogP contribution is -2.33. The molecule has 0 saturated heterocycles. The van der Waals surface area contributed by atoms with E-state index in [0.29, 0.717) is 19.0 Å². The van der Waals surface area contributed by atoms with Gasteiger partial charge in [-0.25, -0.2) is 4.39 Å². The van der Waals surface area contributed by atoms with Gasteiger partial charge < -0.3 is 15.8 Å². The summed E-state index contributed by atoms with van der Waals surface area (Å²) >= 11 is 0. The minimum absolute atomic E-state index is 0. The monoisotopic (exact) mass is 393 g/mol. The topological polar surface area (TPSA) is 59.6 Å². The standard InChI is InChI=1S/C14H20FN3O.HI/c1-10(2)8-17-14(16)18-9-13(19-3)11-4-6-12(15)7-5-11;/h4-7,13H,1,8-9H2,2-3H3,(H3,16,17,18);1H. The Balaban J connectivity index is 0.00000361. The van der Waals surface area contributed by atoms with Crippen molar-refractivity contribution >= 4 is 29.9 Å². The van der Waals surface area contributed by atoms with Gasteiger partial charge in [0.25, 0.3) is 0 Å². The molecule has 0 radical (unpaired) electrons. The first kappa shape index (κ1) is 18.9. The van der Waals surface area contributed by atoms with Crippen molar-refractivity contribution in [2.75, 3.05) is 20.2 Å². The summed E-state index contributed by atoms with van der Waals surface area (Å²) in [5, 5.41) is 2.93. The number of nitrogens with zero attached hydrogens (tertiary/aromatic N) is 1. The average molecular weight is 393 g/mol. The first-order valence-corrected chi connectivity index (χ1v) is 5.99. The first-order chi connectivity index (χ1) is 9.02. The number of nitrogens with two attached hydrogens (primary N) is 1. The van der Waals surface area contributed by atoms with Crippen molar-refractivity contribution in [2.24, 2.45) is 10.7 Å². The zero-order valence-corrected chi connectivity index (χ0v) is 14.1. The molecular weight excluding hydrogens is 372 g/mol. The van der Waals surface area contributed by atoms with Crippen molar-refractivity contribution in [2.45, 2.75) is 13.0 Å². The van der Waals surface area contributed by atoms with Crippen LogP contribution in [0.1, 0.15) is 18.6 Å². The number of halogens is 2. The van der Waals surface area contributed by atoms with Crippen molar-refractivity contribution in [3.8, 4) is 0 Å². The summed E-state index contributed by atoms with van der Waals surface area (Å²) in [4.78, 5) is 4.19. The van der Waals surface area contributed by atoms with E-state index in [1.165, 1.54) is 12.1 Å². The van der Waals surface area contributed by atoms with Crippen molar-refractivity contribution in [3.05, 3.63) is 47.8 Å². The lowest BCUT2D eigenvalue weighted by atomic mass is 10.1. The lowest BCUT2D eigenvalue weighted by Gasteiger charge is -2.14. The van der Waals surface area contributed by atoms with Crippen LogP contribution in [0.2, 0.25) is 0 Å². The highest BCUT2D eigenvalue weighted by Crippen LogP contribution is 2.17. The van der Waals surface area contributed by atoms with Gasteiger partial charge in [0.1, 0.15) is 11.9 Å². The molecule has 1 atom stereocenters. The van der Waals surface area contributed by atoms with Crippen molar-refractivity contribution < 1.29 is 9.13 Å². The van der Waals surface area contributed by atoms with Gasteiger partial charge in [-0.15, -0.1) is 24.0 Å². The number of benzene rings is 1. The van der Waals surface area contributed by atoms with Gasteiger partial charge in [0.05, 0.1) is 6.54 Å². The molecule has 1 aromatic rings. The number of aliphatic imine (C=N–C) groups is 1. The Bertz CT molecular complexity index is 448. The van der Waals surface area contributed by atoms with Crippen LogP contribution >= 0.6 is 24.0 Å². The summed E-state index contributed by atoms with van der Waals surface area (Å²) in [7, 11) is 1.58. The Morgan fingerprint density at radius 2 is 2.05 bits per heavy atom. The molecule has 0 spiro atoms. The highest BCUT2D eigenvalue weighted by molar-refractivity contribution is 14.0. The zero-order chi connectivity index (χ0) is 14.3. The second-order valence-corrected chi connectivity index (χ2v) is 4.31. The molecule has 0 fully saturated rings. The van der Waals surface area contributed by atoms with Crippen molar-refractivity contribution in [1.29, 1.82) is 0 Å². The van der Waals surface area contributed by atoms with Crippen LogP contribution in [0.5, 0.6) is 0 Å². The second kappa shape index (κ2) is 9.71. The number of ether oxygens (including phenoxy) is 1. The normalized spacial score (nSPS) is 12.4. The maximum Gasteiger partial charge on any atom is 0.188 e. The van der Waals surface area contributed by atoms with Gasteiger partial charge in [-0.1, -0.05) is 24.3 Å². The fourth-order valence-electron chi connectivity index (χ4n) is 1.47. The molecule has 6 heteroatoms. The number of nitrogens with one attached hydrogen (secondary N) is 1. The number of rotatable bonds is 6. The van der Waals surface area contributed by atoms with Crippen LogP contribution < -0.4 is 11.1 Å². The Hall–Kier alpha value is -1.15. The molecule has 0 saturated carbocycles. The molecule has 4 nitrogen and oxygen atoms in total. The quantitative estimate of drug-likeness (QED) is 0.338. The maximum absolute atomic E-state index is 12.8. The molecule has 20 heavy (non-hydrogen) atoms. The largest absolute Gasteiger partial charge is 0.375 e. The third kappa shape index (κ3) is 6.85. The number of guanidine groups is 1. The zero-order valence-electron chi connectivity index (χ0n) is 11.7. The van der Waals surface area contributed by atoms with Crippen LogP contribution in [0.3, 0.4) is 0 Å². The molecular formula is C14H21FIN3O. The molecule has 1 aromatic carbocycles. The fraction of sp³-hybridized carbons (Fsp3) is 0.357. The lowest BCUT2D eigenvalue weighted by molar-refractivity contribution is 0.111. The molecule has 0 heterocycles. The smallest absolute Gasteiger partial charge is 0.188 e. The predicted octanol–water partition coefficient (Wildman–Crippen LogP) is 2.61. The van der Waals surface area contributed by atoms with Crippen LogP contribution in [0.25, 0.3) is 0 Å². The van der Waals surface area contributed by atoms with Crippen molar-refractivity contribution in [1.82, 2.24) is 5.32 Å². The van der Waals surface area contributed by atoms with E-state index in [1.54, 1.807) is 19.2 Å². The third-order valence-electron chi connectivity index (χ3n) is 2.53. The number of methoxy groups -OCH3 is 1. The van der Waals surface area contributed by atoms with Crippen LogP contribution in [0.15, 0.2) is 41.4 Å².